The lowest BCUT2D eigenvalue weighted by atomic mass is 10.2. The fourth-order valence-electron chi connectivity index (χ4n) is 3.23. The van der Waals surface area contributed by atoms with Gasteiger partial charge < -0.3 is 15.4 Å². The highest BCUT2D eigenvalue weighted by Crippen LogP contribution is 2.31. The zero-order valence-electron chi connectivity index (χ0n) is 18.8. The highest BCUT2D eigenvalue weighted by Gasteiger charge is 2.30. The summed E-state index contributed by atoms with van der Waals surface area (Å²) in [5.41, 5.74) is 2.27. The van der Waals surface area contributed by atoms with Crippen LogP contribution in [0.4, 0.5) is 29.2 Å². The van der Waals surface area contributed by atoms with E-state index in [1.165, 1.54) is 24.3 Å². The minimum atomic E-state index is -4.52. The molecule has 12 heteroatoms. The molecule has 0 aliphatic heterocycles. The Hall–Kier alpha value is -4.45. The summed E-state index contributed by atoms with van der Waals surface area (Å²) in [5.74, 6) is 6.64. The van der Waals surface area contributed by atoms with Crippen molar-refractivity contribution in [1.29, 1.82) is 0 Å². The Morgan fingerprint density at radius 3 is 2.47 bits per heavy atom. The Kier molecular flexibility index (Phi) is 7.15. The van der Waals surface area contributed by atoms with Crippen LogP contribution in [0.1, 0.15) is 17.4 Å². The van der Waals surface area contributed by atoms with E-state index in [4.69, 9.17) is 10.6 Å². The summed E-state index contributed by atoms with van der Waals surface area (Å²) in [6.45, 7) is 0. The van der Waals surface area contributed by atoms with Gasteiger partial charge in [0.05, 0.1) is 11.1 Å². The maximum absolute atomic E-state index is 14.8. The number of fused-ring (bicyclic) bond motifs is 1. The van der Waals surface area contributed by atoms with Crippen molar-refractivity contribution < 1.29 is 22.3 Å². The third-order valence-corrected chi connectivity index (χ3v) is 5.00. The van der Waals surface area contributed by atoms with Crippen LogP contribution in [0.3, 0.4) is 0 Å². The zero-order chi connectivity index (χ0) is 25.7. The predicted octanol–water partition coefficient (Wildman–Crippen LogP) is 5.38. The molecule has 1 aromatic heterocycles. The van der Waals surface area contributed by atoms with Gasteiger partial charge in [0.1, 0.15) is 11.5 Å². The molecule has 4 rings (SSSR count). The lowest BCUT2D eigenvalue weighted by molar-refractivity contribution is -0.137. The maximum atomic E-state index is 14.8. The number of anilines is 2. The van der Waals surface area contributed by atoms with E-state index < -0.39 is 18.0 Å². The van der Waals surface area contributed by atoms with Crippen LogP contribution in [0, 0.1) is 0 Å². The van der Waals surface area contributed by atoms with E-state index >= 15 is 0 Å². The summed E-state index contributed by atoms with van der Waals surface area (Å²) >= 11 is 0. The van der Waals surface area contributed by atoms with Crippen LogP contribution in [0.5, 0.6) is 11.5 Å². The molecule has 0 bridgehead atoms. The van der Waals surface area contributed by atoms with E-state index in [1.54, 1.807) is 43.6 Å². The third kappa shape index (κ3) is 5.96. The van der Waals surface area contributed by atoms with Gasteiger partial charge in [-0.15, -0.1) is 0 Å². The Morgan fingerprint density at radius 1 is 1.03 bits per heavy atom. The molecule has 0 aliphatic rings. The number of hydrazine groups is 1. The number of nitrogens with one attached hydrogen (secondary N) is 3. The SMILES string of the molecule is CNc1ncc2cc(Oc3ccc(C(F)N=C(NN)Nc4cccc(C(F)(F)F)c4)cc3)ccc2n1. The van der Waals surface area contributed by atoms with Crippen LogP contribution in [-0.2, 0) is 6.18 Å². The molecule has 0 spiro atoms. The largest absolute Gasteiger partial charge is 0.457 e. The standard InChI is InChI=1S/C24H21F4N7O/c1-30-22-31-13-15-11-19(9-10-20(15)33-22)36-18-7-5-14(6-8-18)21(25)34-23(35-29)32-17-4-2-3-16(12-17)24(26,27)28/h2-13,21H,29H2,1H3,(H,30,31,33)(H2,32,34,35). The summed E-state index contributed by atoms with van der Waals surface area (Å²) < 4.78 is 59.3. The molecule has 1 heterocycles. The van der Waals surface area contributed by atoms with Crippen LogP contribution in [0.25, 0.3) is 10.9 Å². The lowest BCUT2D eigenvalue weighted by Crippen LogP contribution is -2.36. The minimum Gasteiger partial charge on any atom is -0.457 e. The van der Waals surface area contributed by atoms with Crippen molar-refractivity contribution in [3.63, 3.8) is 0 Å². The first-order valence-electron chi connectivity index (χ1n) is 10.6. The van der Waals surface area contributed by atoms with Gasteiger partial charge in [0.2, 0.25) is 18.2 Å². The number of hydrogen-bond donors (Lipinski definition) is 4. The molecule has 0 fully saturated rings. The molecular formula is C24H21F4N7O. The molecule has 0 aliphatic carbocycles. The predicted molar refractivity (Wildman–Crippen MR) is 129 cm³/mol. The molecule has 0 saturated heterocycles. The van der Waals surface area contributed by atoms with Crippen LogP contribution in [0.15, 0.2) is 77.9 Å². The van der Waals surface area contributed by atoms with Gasteiger partial charge in [-0.1, -0.05) is 18.2 Å². The second kappa shape index (κ2) is 10.4. The smallest absolute Gasteiger partial charge is 0.416 e. The molecule has 0 amide bonds. The number of aromatic nitrogens is 2. The summed E-state index contributed by atoms with van der Waals surface area (Å²) in [6.07, 6.45) is -4.69. The number of nitrogens with zero attached hydrogens (tertiary/aromatic N) is 3. The zero-order valence-corrected chi connectivity index (χ0v) is 18.8. The number of guanidine groups is 1. The number of nitrogens with two attached hydrogens (primary N) is 1. The highest BCUT2D eigenvalue weighted by atomic mass is 19.4. The van der Waals surface area contributed by atoms with Gasteiger partial charge in [0.25, 0.3) is 0 Å². The fraction of sp³-hybridized carbons (Fsp3) is 0.125. The number of aliphatic imine (C=N–C) groups is 1. The quantitative estimate of drug-likeness (QED) is 0.0704. The van der Waals surface area contributed by atoms with E-state index in [9.17, 15) is 17.6 Å². The normalized spacial score (nSPS) is 12.8. The second-order valence-electron chi connectivity index (χ2n) is 7.50. The van der Waals surface area contributed by atoms with E-state index in [0.29, 0.717) is 17.4 Å². The van der Waals surface area contributed by atoms with Crippen LogP contribution >= 0.6 is 0 Å². The van der Waals surface area contributed by atoms with Crippen molar-refractivity contribution >= 4 is 28.5 Å². The van der Waals surface area contributed by atoms with Crippen molar-refractivity contribution in [2.75, 3.05) is 17.7 Å². The number of rotatable bonds is 6. The molecule has 5 N–H and O–H groups in total. The number of halogens is 4. The van der Waals surface area contributed by atoms with Crippen molar-refractivity contribution in [2.45, 2.75) is 12.5 Å². The summed E-state index contributed by atoms with van der Waals surface area (Å²) in [4.78, 5) is 12.3. The molecule has 4 aromatic rings. The first kappa shape index (κ1) is 24.7. The number of hydrogen-bond acceptors (Lipinski definition) is 6. The van der Waals surface area contributed by atoms with E-state index in [2.05, 4.69) is 31.0 Å². The monoisotopic (exact) mass is 499 g/mol. The van der Waals surface area contributed by atoms with Gasteiger partial charge in [0, 0.05) is 29.9 Å². The Balaban J connectivity index is 1.44. The molecule has 0 saturated carbocycles. The van der Waals surface area contributed by atoms with Crippen molar-refractivity contribution in [3.05, 3.63) is 84.1 Å². The second-order valence-corrected chi connectivity index (χ2v) is 7.50. The van der Waals surface area contributed by atoms with Gasteiger partial charge in [0.15, 0.2) is 0 Å². The molecule has 36 heavy (non-hydrogen) atoms. The number of ether oxygens (including phenoxy) is 1. The van der Waals surface area contributed by atoms with Crippen LogP contribution < -0.4 is 26.6 Å². The first-order valence-corrected chi connectivity index (χ1v) is 10.6. The van der Waals surface area contributed by atoms with Gasteiger partial charge in [-0.05, 0) is 48.5 Å². The molecular weight excluding hydrogens is 478 g/mol. The average Bonchev–Trinajstić information content (AvgIpc) is 2.88. The lowest BCUT2D eigenvalue weighted by Gasteiger charge is -2.13. The molecule has 1 unspecified atom stereocenters. The molecule has 3 aromatic carbocycles. The Morgan fingerprint density at radius 2 is 1.78 bits per heavy atom. The van der Waals surface area contributed by atoms with Gasteiger partial charge in [-0.25, -0.2) is 25.2 Å². The van der Waals surface area contributed by atoms with Gasteiger partial charge in [-0.3, -0.25) is 5.43 Å². The minimum absolute atomic E-state index is 0.0421. The fourth-order valence-corrected chi connectivity index (χ4v) is 3.23. The molecule has 8 nitrogen and oxygen atoms in total. The topological polar surface area (TPSA) is 109 Å². The molecule has 1 atom stereocenters. The molecule has 0 radical (unpaired) electrons. The summed E-state index contributed by atoms with van der Waals surface area (Å²) in [6, 6.07) is 15.8. The Labute approximate surface area is 203 Å². The van der Waals surface area contributed by atoms with E-state index in [0.717, 1.165) is 23.0 Å². The summed E-state index contributed by atoms with van der Waals surface area (Å²) in [5, 5.41) is 6.20. The van der Waals surface area contributed by atoms with Crippen LogP contribution in [0.2, 0.25) is 0 Å². The average molecular weight is 499 g/mol. The Bertz CT molecular complexity index is 1380. The van der Waals surface area contributed by atoms with Gasteiger partial charge in [-0.2, -0.15) is 13.2 Å². The first-order chi connectivity index (χ1) is 17.2. The number of benzene rings is 3. The van der Waals surface area contributed by atoms with Crippen molar-refractivity contribution in [3.8, 4) is 11.5 Å². The van der Waals surface area contributed by atoms with Crippen LogP contribution in [-0.4, -0.2) is 23.0 Å². The van der Waals surface area contributed by atoms with Crippen molar-refractivity contribution in [1.82, 2.24) is 15.4 Å². The van der Waals surface area contributed by atoms with E-state index in [-0.39, 0.29) is 17.2 Å². The van der Waals surface area contributed by atoms with Gasteiger partial charge >= 0.3 is 6.18 Å². The van der Waals surface area contributed by atoms with E-state index in [1.807, 2.05) is 0 Å². The third-order valence-electron chi connectivity index (χ3n) is 5.00. The van der Waals surface area contributed by atoms with Crippen molar-refractivity contribution in [2.24, 2.45) is 10.8 Å². The summed E-state index contributed by atoms with van der Waals surface area (Å²) in [7, 11) is 1.73. The number of alkyl halides is 4. The molecule has 186 valence electrons. The maximum Gasteiger partial charge on any atom is 0.416 e. The highest BCUT2D eigenvalue weighted by molar-refractivity contribution is 5.93.